The Bertz CT molecular complexity index is 964. The predicted molar refractivity (Wildman–Crippen MR) is 91.9 cm³/mol. The van der Waals surface area contributed by atoms with Crippen LogP contribution in [0.5, 0.6) is 5.75 Å². The summed E-state index contributed by atoms with van der Waals surface area (Å²) in [6, 6.07) is 9.10. The molecule has 0 radical (unpaired) electrons. The molecule has 2 heterocycles. The van der Waals surface area contributed by atoms with Gasteiger partial charge in [0.05, 0.1) is 4.88 Å². The van der Waals surface area contributed by atoms with Crippen molar-refractivity contribution in [1.29, 1.82) is 0 Å². The number of aryl methyl sites for hydroxylation is 1. The lowest BCUT2D eigenvalue weighted by Gasteiger charge is -2.08. The fourth-order valence-corrected chi connectivity index (χ4v) is 2.83. The van der Waals surface area contributed by atoms with Gasteiger partial charge in [-0.25, -0.2) is 4.79 Å². The van der Waals surface area contributed by atoms with E-state index < -0.39 is 23.4 Å². The highest BCUT2D eigenvalue weighted by Crippen LogP contribution is 2.31. The summed E-state index contributed by atoms with van der Waals surface area (Å²) in [6.07, 6.45) is -3.83. The maximum Gasteiger partial charge on any atom is 0.436 e. The van der Waals surface area contributed by atoms with Crippen LogP contribution in [0.3, 0.4) is 0 Å². The summed E-state index contributed by atoms with van der Waals surface area (Å²) in [4.78, 5) is 24.6. The molecule has 3 rings (SSSR count). The minimum atomic E-state index is -4.77. The molecular formula is C17H12F3N3O3S. The molecule has 0 unspecified atom stereocenters. The summed E-state index contributed by atoms with van der Waals surface area (Å²) in [5, 5.41) is 7.69. The van der Waals surface area contributed by atoms with Crippen LogP contribution >= 0.6 is 11.3 Å². The predicted octanol–water partition coefficient (Wildman–Crippen LogP) is 3.97. The molecule has 0 saturated heterocycles. The Morgan fingerprint density at radius 3 is 2.48 bits per heavy atom. The average Bonchev–Trinajstić information content (AvgIpc) is 3.25. The number of ether oxygens (including phenoxy) is 1. The van der Waals surface area contributed by atoms with Crippen molar-refractivity contribution >= 4 is 28.9 Å². The van der Waals surface area contributed by atoms with Gasteiger partial charge in [-0.05, 0) is 35.7 Å². The molecule has 0 fully saturated rings. The Kier molecular flexibility index (Phi) is 5.00. The lowest BCUT2D eigenvalue weighted by Crippen LogP contribution is -2.16. The molecule has 1 N–H and O–H groups in total. The Morgan fingerprint density at radius 2 is 1.89 bits per heavy atom. The molecule has 0 bridgehead atoms. The SMILES string of the molecule is Cn1cc(C(=O)Oc2ccc(NC(=O)c3cccs3)cc2)c(C(F)(F)F)n1. The molecule has 3 aromatic rings. The van der Waals surface area contributed by atoms with Crippen molar-refractivity contribution in [3.63, 3.8) is 0 Å². The molecule has 6 nitrogen and oxygen atoms in total. The second kappa shape index (κ2) is 7.23. The van der Waals surface area contributed by atoms with E-state index in [1.807, 2.05) is 0 Å². The van der Waals surface area contributed by atoms with E-state index in [1.165, 1.54) is 42.6 Å². The number of thiophene rings is 1. The van der Waals surface area contributed by atoms with Crippen LogP contribution in [0.2, 0.25) is 0 Å². The number of amides is 1. The van der Waals surface area contributed by atoms with Gasteiger partial charge >= 0.3 is 12.1 Å². The monoisotopic (exact) mass is 395 g/mol. The number of alkyl halides is 3. The number of rotatable bonds is 4. The molecule has 0 atom stereocenters. The van der Waals surface area contributed by atoms with Gasteiger partial charge in [0.25, 0.3) is 5.91 Å². The standard InChI is InChI=1S/C17H12F3N3O3S/c1-23-9-12(14(22-23)17(18,19)20)16(25)26-11-6-4-10(5-7-11)21-15(24)13-3-2-8-27-13/h2-9H,1H3,(H,21,24). The van der Waals surface area contributed by atoms with Crippen LogP contribution in [0.4, 0.5) is 18.9 Å². The van der Waals surface area contributed by atoms with E-state index in [2.05, 4.69) is 10.4 Å². The molecule has 1 aromatic carbocycles. The molecule has 0 spiro atoms. The number of carbonyl (C=O) groups is 2. The number of hydrogen-bond acceptors (Lipinski definition) is 5. The molecule has 0 saturated carbocycles. The zero-order chi connectivity index (χ0) is 19.6. The van der Waals surface area contributed by atoms with Gasteiger partial charge in [0.15, 0.2) is 5.69 Å². The van der Waals surface area contributed by atoms with E-state index in [0.29, 0.717) is 10.6 Å². The van der Waals surface area contributed by atoms with Crippen LogP contribution in [0.15, 0.2) is 48.0 Å². The Labute approximate surface area is 155 Å². The minimum Gasteiger partial charge on any atom is -0.423 e. The first kappa shape index (κ1) is 18.6. The fraction of sp³-hybridized carbons (Fsp3) is 0.118. The molecule has 10 heteroatoms. The molecule has 140 valence electrons. The van der Waals surface area contributed by atoms with Crippen molar-refractivity contribution in [3.8, 4) is 5.75 Å². The Hall–Kier alpha value is -3.14. The van der Waals surface area contributed by atoms with E-state index >= 15 is 0 Å². The van der Waals surface area contributed by atoms with Crippen LogP contribution in [0.25, 0.3) is 0 Å². The molecule has 2 aromatic heterocycles. The van der Waals surface area contributed by atoms with Crippen molar-refractivity contribution in [1.82, 2.24) is 9.78 Å². The largest absolute Gasteiger partial charge is 0.436 e. The number of esters is 1. The highest BCUT2D eigenvalue weighted by molar-refractivity contribution is 7.12. The van der Waals surface area contributed by atoms with Gasteiger partial charge in [-0.2, -0.15) is 18.3 Å². The van der Waals surface area contributed by atoms with Crippen molar-refractivity contribution in [2.75, 3.05) is 5.32 Å². The van der Waals surface area contributed by atoms with Crippen LogP contribution in [-0.2, 0) is 13.2 Å². The lowest BCUT2D eigenvalue weighted by molar-refractivity contribution is -0.141. The third kappa shape index (κ3) is 4.34. The van der Waals surface area contributed by atoms with Crippen molar-refractivity contribution < 1.29 is 27.5 Å². The number of carbonyl (C=O) groups excluding carboxylic acids is 2. The van der Waals surface area contributed by atoms with Gasteiger partial charge in [0, 0.05) is 18.9 Å². The fourth-order valence-electron chi connectivity index (χ4n) is 2.22. The second-order valence-electron chi connectivity index (χ2n) is 5.41. The number of nitrogens with one attached hydrogen (secondary N) is 1. The molecule has 1 amide bonds. The third-order valence-electron chi connectivity index (χ3n) is 3.38. The maximum absolute atomic E-state index is 12.9. The summed E-state index contributed by atoms with van der Waals surface area (Å²) in [7, 11) is 1.27. The second-order valence-corrected chi connectivity index (χ2v) is 6.36. The third-order valence-corrected chi connectivity index (χ3v) is 4.25. The van der Waals surface area contributed by atoms with Crippen molar-refractivity contribution in [3.05, 3.63) is 64.1 Å². The molecule has 0 aliphatic heterocycles. The number of anilines is 1. The Morgan fingerprint density at radius 1 is 1.19 bits per heavy atom. The van der Waals surface area contributed by atoms with Gasteiger partial charge < -0.3 is 10.1 Å². The quantitative estimate of drug-likeness (QED) is 0.536. The van der Waals surface area contributed by atoms with Crippen LogP contribution in [0.1, 0.15) is 25.7 Å². The van der Waals surface area contributed by atoms with E-state index in [4.69, 9.17) is 4.74 Å². The van der Waals surface area contributed by atoms with Crippen LogP contribution in [0, 0.1) is 0 Å². The summed E-state index contributed by atoms with van der Waals surface area (Å²) < 4.78 is 44.7. The van der Waals surface area contributed by atoms with E-state index in [-0.39, 0.29) is 11.7 Å². The van der Waals surface area contributed by atoms with Crippen LogP contribution in [-0.4, -0.2) is 21.7 Å². The number of aromatic nitrogens is 2. The Balaban J connectivity index is 1.70. The van der Waals surface area contributed by atoms with E-state index in [1.54, 1.807) is 17.5 Å². The van der Waals surface area contributed by atoms with Crippen molar-refractivity contribution in [2.24, 2.45) is 7.05 Å². The summed E-state index contributed by atoms with van der Waals surface area (Å²) >= 11 is 1.28. The van der Waals surface area contributed by atoms with E-state index in [9.17, 15) is 22.8 Å². The zero-order valence-electron chi connectivity index (χ0n) is 13.8. The maximum atomic E-state index is 12.9. The topological polar surface area (TPSA) is 73.2 Å². The van der Waals surface area contributed by atoms with Gasteiger partial charge in [-0.1, -0.05) is 6.07 Å². The number of halogens is 3. The van der Waals surface area contributed by atoms with E-state index in [0.717, 1.165) is 10.9 Å². The first-order valence-electron chi connectivity index (χ1n) is 7.52. The smallest absolute Gasteiger partial charge is 0.423 e. The molecule has 0 aliphatic carbocycles. The summed E-state index contributed by atoms with van der Waals surface area (Å²) in [5.41, 5.74) is -1.54. The summed E-state index contributed by atoms with van der Waals surface area (Å²) in [6.45, 7) is 0. The normalized spacial score (nSPS) is 11.3. The van der Waals surface area contributed by atoms with Crippen molar-refractivity contribution in [2.45, 2.75) is 6.18 Å². The average molecular weight is 395 g/mol. The van der Waals surface area contributed by atoms with Crippen LogP contribution < -0.4 is 10.1 Å². The van der Waals surface area contributed by atoms with Gasteiger partial charge in [0.2, 0.25) is 0 Å². The number of benzene rings is 1. The first-order chi connectivity index (χ1) is 12.7. The van der Waals surface area contributed by atoms with Gasteiger partial charge in [-0.3, -0.25) is 9.48 Å². The lowest BCUT2D eigenvalue weighted by atomic mass is 10.2. The van der Waals surface area contributed by atoms with Gasteiger partial charge in [0.1, 0.15) is 11.3 Å². The molecule has 27 heavy (non-hydrogen) atoms. The number of hydrogen-bond donors (Lipinski definition) is 1. The van der Waals surface area contributed by atoms with Gasteiger partial charge in [-0.15, -0.1) is 11.3 Å². The molecule has 0 aliphatic rings. The highest BCUT2D eigenvalue weighted by atomic mass is 32.1. The highest BCUT2D eigenvalue weighted by Gasteiger charge is 2.39. The summed E-state index contributed by atoms with van der Waals surface area (Å²) in [5.74, 6) is -1.43. The number of nitrogens with zero attached hydrogens (tertiary/aromatic N) is 2. The first-order valence-corrected chi connectivity index (χ1v) is 8.40. The molecular weight excluding hydrogens is 383 g/mol. The minimum absolute atomic E-state index is 0.0334. The zero-order valence-corrected chi connectivity index (χ0v) is 14.6.